The number of nitrogens with one attached hydrogen (secondary N) is 1. The Balaban J connectivity index is 2.14. The number of halogens is 1. The van der Waals surface area contributed by atoms with Gasteiger partial charge < -0.3 is 10.1 Å². The van der Waals surface area contributed by atoms with E-state index in [1.807, 2.05) is 19.2 Å². The molecule has 1 unspecified atom stereocenters. The summed E-state index contributed by atoms with van der Waals surface area (Å²) in [5.41, 5.74) is 1.03. The smallest absolute Gasteiger partial charge is 0.232 e. The second-order valence-corrected chi connectivity index (χ2v) is 5.49. The first-order valence-electron chi connectivity index (χ1n) is 5.35. The van der Waals surface area contributed by atoms with Crippen LogP contribution in [-0.2, 0) is 0 Å². The van der Waals surface area contributed by atoms with Crippen LogP contribution in [0.4, 0.5) is 5.95 Å². The van der Waals surface area contributed by atoms with Gasteiger partial charge in [0, 0.05) is 11.1 Å². The van der Waals surface area contributed by atoms with Gasteiger partial charge in [0.2, 0.25) is 11.8 Å². The Bertz CT molecular complexity index is 546. The summed E-state index contributed by atoms with van der Waals surface area (Å²) in [6.07, 6.45) is 1.66. The fourth-order valence-electron chi connectivity index (χ4n) is 1.39. The van der Waals surface area contributed by atoms with Crippen molar-refractivity contribution < 1.29 is 4.74 Å². The first kappa shape index (κ1) is 13.2. The fraction of sp³-hybridized carbons (Fsp3) is 0.364. The molecule has 5 nitrogen and oxygen atoms in total. The Morgan fingerprint density at radius 1 is 1.44 bits per heavy atom. The van der Waals surface area contributed by atoms with Gasteiger partial charge in [-0.2, -0.15) is 4.98 Å². The van der Waals surface area contributed by atoms with Gasteiger partial charge in [-0.1, -0.05) is 0 Å². The third-order valence-electron chi connectivity index (χ3n) is 2.26. The standard InChI is InChI=1S/C11H13BrN4OS/c1-6-5-18-10(14-6)7(2)15-11-13-4-8(12)9(16-11)17-3/h4-5,7H,1-3H3,(H,13,15,16). The molecular formula is C11H13BrN4OS. The number of ether oxygens (including phenoxy) is 1. The lowest BCUT2D eigenvalue weighted by atomic mass is 10.3. The van der Waals surface area contributed by atoms with Gasteiger partial charge in [0.1, 0.15) is 5.01 Å². The summed E-state index contributed by atoms with van der Waals surface area (Å²) in [6.45, 7) is 4.00. The van der Waals surface area contributed by atoms with E-state index in [-0.39, 0.29) is 6.04 Å². The molecule has 1 atom stereocenters. The van der Waals surface area contributed by atoms with E-state index >= 15 is 0 Å². The highest BCUT2D eigenvalue weighted by Crippen LogP contribution is 2.25. The van der Waals surface area contributed by atoms with Crippen molar-refractivity contribution in [1.82, 2.24) is 15.0 Å². The van der Waals surface area contributed by atoms with Gasteiger partial charge in [0.05, 0.1) is 23.8 Å². The van der Waals surface area contributed by atoms with Crippen molar-refractivity contribution in [3.63, 3.8) is 0 Å². The van der Waals surface area contributed by atoms with Gasteiger partial charge in [-0.3, -0.25) is 0 Å². The molecule has 0 saturated heterocycles. The number of aryl methyl sites for hydroxylation is 1. The topological polar surface area (TPSA) is 59.9 Å². The van der Waals surface area contributed by atoms with Crippen LogP contribution in [0.15, 0.2) is 16.0 Å². The molecule has 2 rings (SSSR count). The Morgan fingerprint density at radius 2 is 2.22 bits per heavy atom. The van der Waals surface area contributed by atoms with Crippen LogP contribution >= 0.6 is 27.3 Å². The monoisotopic (exact) mass is 328 g/mol. The molecule has 96 valence electrons. The second kappa shape index (κ2) is 5.62. The summed E-state index contributed by atoms with van der Waals surface area (Å²) in [7, 11) is 1.57. The predicted molar refractivity (Wildman–Crippen MR) is 75.2 cm³/mol. The molecule has 0 aliphatic heterocycles. The molecule has 0 radical (unpaired) electrons. The van der Waals surface area contributed by atoms with E-state index in [0.29, 0.717) is 11.8 Å². The first-order valence-corrected chi connectivity index (χ1v) is 7.02. The Morgan fingerprint density at radius 3 is 2.83 bits per heavy atom. The lowest BCUT2D eigenvalue weighted by Gasteiger charge is -2.11. The highest BCUT2D eigenvalue weighted by Gasteiger charge is 2.12. The van der Waals surface area contributed by atoms with Crippen molar-refractivity contribution in [3.8, 4) is 5.88 Å². The minimum Gasteiger partial charge on any atom is -0.480 e. The van der Waals surface area contributed by atoms with E-state index in [1.165, 1.54) is 0 Å². The third kappa shape index (κ3) is 2.97. The summed E-state index contributed by atoms with van der Waals surface area (Å²) < 4.78 is 5.86. The highest BCUT2D eigenvalue weighted by atomic mass is 79.9. The summed E-state index contributed by atoms with van der Waals surface area (Å²) in [5, 5.41) is 6.23. The van der Waals surface area contributed by atoms with Crippen LogP contribution in [0.5, 0.6) is 5.88 Å². The highest BCUT2D eigenvalue weighted by molar-refractivity contribution is 9.10. The molecule has 0 saturated carbocycles. The van der Waals surface area contributed by atoms with Crippen molar-refractivity contribution in [2.45, 2.75) is 19.9 Å². The largest absolute Gasteiger partial charge is 0.480 e. The fourth-order valence-corrected chi connectivity index (χ4v) is 2.55. The number of hydrogen-bond acceptors (Lipinski definition) is 6. The van der Waals surface area contributed by atoms with Crippen molar-refractivity contribution in [1.29, 1.82) is 0 Å². The van der Waals surface area contributed by atoms with Gasteiger partial charge in [0.15, 0.2) is 0 Å². The van der Waals surface area contributed by atoms with Crippen LogP contribution in [-0.4, -0.2) is 22.1 Å². The van der Waals surface area contributed by atoms with Crippen LogP contribution in [0.2, 0.25) is 0 Å². The molecule has 2 aromatic rings. The average Bonchev–Trinajstić information content (AvgIpc) is 2.78. The van der Waals surface area contributed by atoms with E-state index in [0.717, 1.165) is 15.2 Å². The number of anilines is 1. The molecule has 7 heteroatoms. The Hall–Kier alpha value is -1.21. The number of aromatic nitrogens is 3. The average molecular weight is 329 g/mol. The third-order valence-corrected chi connectivity index (χ3v) is 3.95. The molecule has 0 aliphatic rings. The molecule has 0 bridgehead atoms. The normalized spacial score (nSPS) is 12.2. The molecular weight excluding hydrogens is 316 g/mol. The van der Waals surface area contributed by atoms with E-state index in [4.69, 9.17) is 4.74 Å². The van der Waals surface area contributed by atoms with Crippen molar-refractivity contribution >= 4 is 33.2 Å². The maximum absolute atomic E-state index is 5.13. The van der Waals surface area contributed by atoms with Crippen molar-refractivity contribution in [2.24, 2.45) is 0 Å². The Labute approximate surface area is 118 Å². The quantitative estimate of drug-likeness (QED) is 0.933. The number of hydrogen-bond donors (Lipinski definition) is 1. The summed E-state index contributed by atoms with van der Waals surface area (Å²) >= 11 is 4.94. The summed E-state index contributed by atoms with van der Waals surface area (Å²) in [4.78, 5) is 12.9. The zero-order valence-corrected chi connectivity index (χ0v) is 12.7. The molecule has 0 spiro atoms. The van der Waals surface area contributed by atoms with Crippen LogP contribution < -0.4 is 10.1 Å². The minimum absolute atomic E-state index is 0.0644. The van der Waals surface area contributed by atoms with E-state index in [9.17, 15) is 0 Å². The molecule has 0 amide bonds. The van der Waals surface area contributed by atoms with Crippen LogP contribution in [0, 0.1) is 6.92 Å². The molecule has 0 fully saturated rings. The van der Waals surface area contributed by atoms with Gasteiger partial charge in [-0.25, -0.2) is 9.97 Å². The van der Waals surface area contributed by atoms with Gasteiger partial charge in [-0.05, 0) is 29.8 Å². The van der Waals surface area contributed by atoms with Crippen LogP contribution in [0.3, 0.4) is 0 Å². The van der Waals surface area contributed by atoms with Crippen LogP contribution in [0.25, 0.3) is 0 Å². The first-order chi connectivity index (χ1) is 8.60. The summed E-state index contributed by atoms with van der Waals surface area (Å²) in [5.74, 6) is 1.03. The maximum atomic E-state index is 5.13. The SMILES string of the molecule is COc1nc(NC(C)c2nc(C)cs2)ncc1Br. The molecule has 0 aromatic carbocycles. The molecule has 2 heterocycles. The minimum atomic E-state index is 0.0644. The van der Waals surface area contributed by atoms with Crippen molar-refractivity contribution in [3.05, 3.63) is 26.8 Å². The lowest BCUT2D eigenvalue weighted by Crippen LogP contribution is -2.09. The molecule has 2 aromatic heterocycles. The van der Waals surface area contributed by atoms with E-state index in [2.05, 4.69) is 36.2 Å². The number of nitrogens with zero attached hydrogens (tertiary/aromatic N) is 3. The van der Waals surface area contributed by atoms with Crippen molar-refractivity contribution in [2.75, 3.05) is 12.4 Å². The number of thiazole rings is 1. The second-order valence-electron chi connectivity index (χ2n) is 3.74. The lowest BCUT2D eigenvalue weighted by molar-refractivity contribution is 0.394. The van der Waals surface area contributed by atoms with E-state index in [1.54, 1.807) is 24.6 Å². The maximum Gasteiger partial charge on any atom is 0.232 e. The van der Waals surface area contributed by atoms with Crippen LogP contribution in [0.1, 0.15) is 23.7 Å². The molecule has 18 heavy (non-hydrogen) atoms. The van der Waals surface area contributed by atoms with Gasteiger partial charge in [-0.15, -0.1) is 11.3 Å². The zero-order chi connectivity index (χ0) is 13.1. The molecule has 0 aliphatic carbocycles. The number of rotatable bonds is 4. The summed E-state index contributed by atoms with van der Waals surface area (Å²) in [6, 6.07) is 0.0644. The van der Waals surface area contributed by atoms with Gasteiger partial charge >= 0.3 is 0 Å². The zero-order valence-electron chi connectivity index (χ0n) is 10.3. The van der Waals surface area contributed by atoms with E-state index < -0.39 is 0 Å². The number of methoxy groups -OCH3 is 1. The Kier molecular flexibility index (Phi) is 4.13. The van der Waals surface area contributed by atoms with Gasteiger partial charge in [0.25, 0.3) is 0 Å². The predicted octanol–water partition coefficient (Wildman–Crippen LogP) is 3.19. The molecule has 1 N–H and O–H groups in total.